The zero-order valence-corrected chi connectivity index (χ0v) is 15.6. The number of aromatic hydroxyl groups is 2. The highest BCUT2D eigenvalue weighted by Gasteiger charge is 2.66. The summed E-state index contributed by atoms with van der Waals surface area (Å²) >= 11 is 0. The first-order valence-electron chi connectivity index (χ1n) is 8.78. The Bertz CT molecular complexity index is 1210. The smallest absolute Gasteiger partial charge is 0.255 e. The molecule has 0 saturated carbocycles. The van der Waals surface area contributed by atoms with E-state index in [4.69, 9.17) is 10.5 Å². The second-order valence-electron chi connectivity index (χ2n) is 7.44. The Labute approximate surface area is 168 Å². The van der Waals surface area contributed by atoms with E-state index in [0.29, 0.717) is 0 Å². The quantitative estimate of drug-likeness (QED) is 0.359. The maximum absolute atomic E-state index is 13.2. The summed E-state index contributed by atoms with van der Waals surface area (Å²) in [6.07, 6.45) is -1.38. The zero-order valence-electron chi connectivity index (χ0n) is 15.6. The van der Waals surface area contributed by atoms with Crippen LogP contribution in [0.25, 0.3) is 10.8 Å². The number of hydrogen-bond acceptors (Lipinski definition) is 9. The summed E-state index contributed by atoms with van der Waals surface area (Å²) in [5, 5.41) is 53.7. The van der Waals surface area contributed by atoms with Crippen LogP contribution in [0.4, 0.5) is 0 Å². The summed E-state index contributed by atoms with van der Waals surface area (Å²) in [5.41, 5.74) is -1.90. The van der Waals surface area contributed by atoms with Crippen molar-refractivity contribution in [1.82, 2.24) is 0 Å². The van der Waals surface area contributed by atoms with Crippen molar-refractivity contribution in [2.45, 2.75) is 24.0 Å². The molecule has 2 aliphatic rings. The molecule has 2 aliphatic carbocycles. The number of rotatable bonds is 2. The normalized spacial score (nSPS) is 25.8. The second-order valence-corrected chi connectivity index (χ2v) is 7.44. The molecule has 2 atom stereocenters. The van der Waals surface area contributed by atoms with Crippen LogP contribution in [0.3, 0.4) is 0 Å². The molecule has 2 aromatic carbocycles. The molecule has 2 aromatic rings. The number of aliphatic hydroxyl groups excluding tert-OH is 1. The van der Waals surface area contributed by atoms with Gasteiger partial charge < -0.3 is 36.0 Å². The Morgan fingerprint density at radius 3 is 2.37 bits per heavy atom. The first-order valence-corrected chi connectivity index (χ1v) is 8.78. The fourth-order valence-electron chi connectivity index (χ4n) is 4.32. The molecule has 0 aromatic heterocycles. The van der Waals surface area contributed by atoms with Gasteiger partial charge in [0.2, 0.25) is 11.4 Å². The molecule has 4 rings (SSSR count). The molecule has 0 bridgehead atoms. The lowest BCUT2D eigenvalue weighted by molar-refractivity contribution is -0.151. The number of ether oxygens (including phenoxy) is 1. The van der Waals surface area contributed by atoms with Crippen LogP contribution in [-0.2, 0) is 16.0 Å². The minimum Gasteiger partial charge on any atom is -0.508 e. The molecular formula is C20H17NO9. The van der Waals surface area contributed by atoms with E-state index in [0.717, 1.165) is 0 Å². The summed E-state index contributed by atoms with van der Waals surface area (Å²) in [6.45, 7) is 0. The van der Waals surface area contributed by atoms with Crippen molar-refractivity contribution in [2.75, 3.05) is 7.11 Å². The van der Waals surface area contributed by atoms with Crippen molar-refractivity contribution in [3.63, 3.8) is 0 Å². The third-order valence-electron chi connectivity index (χ3n) is 5.75. The van der Waals surface area contributed by atoms with Gasteiger partial charge in [-0.1, -0.05) is 0 Å². The van der Waals surface area contributed by atoms with Gasteiger partial charge in [-0.15, -0.1) is 0 Å². The highest BCUT2D eigenvalue weighted by Crippen LogP contribution is 2.51. The highest BCUT2D eigenvalue weighted by atomic mass is 16.5. The average Bonchev–Trinajstić information content (AvgIpc) is 2.63. The fourth-order valence-corrected chi connectivity index (χ4v) is 4.32. The monoisotopic (exact) mass is 415 g/mol. The Balaban J connectivity index is 2.06. The largest absolute Gasteiger partial charge is 0.508 e. The van der Waals surface area contributed by atoms with Crippen LogP contribution in [0.15, 0.2) is 29.5 Å². The molecule has 0 saturated heterocycles. The number of phenols is 2. The van der Waals surface area contributed by atoms with Crippen LogP contribution >= 0.6 is 0 Å². The Hall–Kier alpha value is -3.63. The number of carbonyl (C=O) groups is 3. The van der Waals surface area contributed by atoms with Crippen LogP contribution in [-0.4, -0.2) is 61.3 Å². The topological polar surface area (TPSA) is 188 Å². The van der Waals surface area contributed by atoms with Crippen molar-refractivity contribution >= 4 is 28.2 Å². The first-order chi connectivity index (χ1) is 14.0. The number of fused-ring (bicyclic) bond motifs is 3. The van der Waals surface area contributed by atoms with Gasteiger partial charge in [-0.05, 0) is 23.1 Å². The minimum atomic E-state index is -3.09. The number of amides is 1. The van der Waals surface area contributed by atoms with E-state index in [1.165, 1.54) is 25.3 Å². The van der Waals surface area contributed by atoms with Gasteiger partial charge in [0.1, 0.15) is 28.4 Å². The van der Waals surface area contributed by atoms with Crippen molar-refractivity contribution in [2.24, 2.45) is 5.73 Å². The lowest BCUT2D eigenvalue weighted by Gasteiger charge is -2.47. The number of carbonyl (C=O) groups excluding carboxylic acids is 3. The van der Waals surface area contributed by atoms with Crippen molar-refractivity contribution < 1.29 is 44.7 Å². The number of aliphatic hydroxyl groups is 3. The zero-order chi connectivity index (χ0) is 22.2. The van der Waals surface area contributed by atoms with Crippen LogP contribution in [0.1, 0.15) is 22.3 Å². The third kappa shape index (κ3) is 2.22. The number of Topliss-reactive ketones (excluding diaryl/α,β-unsaturated/α-hetero) is 2. The van der Waals surface area contributed by atoms with Gasteiger partial charge in [-0.2, -0.15) is 0 Å². The maximum Gasteiger partial charge on any atom is 0.255 e. The first kappa shape index (κ1) is 19.7. The van der Waals surface area contributed by atoms with Gasteiger partial charge >= 0.3 is 0 Å². The number of phenolic OH excluding ortho intramolecular Hbond substituents is 2. The van der Waals surface area contributed by atoms with Gasteiger partial charge in [-0.25, -0.2) is 0 Å². The van der Waals surface area contributed by atoms with E-state index in [-0.39, 0.29) is 22.1 Å². The summed E-state index contributed by atoms with van der Waals surface area (Å²) in [6, 6.07) is 4.06. The minimum absolute atomic E-state index is 0.0629. The molecule has 0 heterocycles. The average molecular weight is 415 g/mol. The highest BCUT2D eigenvalue weighted by molar-refractivity contribution is 6.24. The maximum atomic E-state index is 13.2. The Morgan fingerprint density at radius 2 is 1.77 bits per heavy atom. The molecule has 7 N–H and O–H groups in total. The lowest BCUT2D eigenvalue weighted by atomic mass is 9.61. The molecule has 0 fully saturated rings. The SMILES string of the molecule is COc1cc(O)c2c(O)c3c(cc2c1)C[C@@]1(O)CC(=O)C(C(N)=O)=C(O)[C@@]1(O)C3=O. The van der Waals surface area contributed by atoms with Crippen molar-refractivity contribution in [1.29, 1.82) is 0 Å². The van der Waals surface area contributed by atoms with Gasteiger partial charge in [-0.3, -0.25) is 14.4 Å². The summed E-state index contributed by atoms with van der Waals surface area (Å²) in [5.74, 6) is -5.98. The number of benzene rings is 2. The predicted molar refractivity (Wildman–Crippen MR) is 100 cm³/mol. The number of hydrogen-bond donors (Lipinski definition) is 6. The van der Waals surface area contributed by atoms with Crippen LogP contribution < -0.4 is 10.5 Å². The molecule has 10 heteroatoms. The van der Waals surface area contributed by atoms with Crippen LogP contribution in [0, 0.1) is 0 Å². The number of ketones is 2. The van der Waals surface area contributed by atoms with E-state index in [9.17, 15) is 39.9 Å². The number of nitrogens with two attached hydrogens (primary N) is 1. The van der Waals surface area contributed by atoms with E-state index in [2.05, 4.69) is 0 Å². The van der Waals surface area contributed by atoms with Crippen LogP contribution in [0.2, 0.25) is 0 Å². The standard InChI is InChI=1S/C20H17NO9/c1-30-9-3-7-2-8-5-19(28)6-11(23)14(18(21)27)17(26)20(19,29)16(25)13(8)15(24)12(7)10(22)4-9/h2-4,22,24,26,28-29H,5-6H2,1H3,(H2,21,27)/t19-,20+/m1/s1. The van der Waals surface area contributed by atoms with E-state index in [1.807, 2.05) is 0 Å². The molecule has 0 unspecified atom stereocenters. The van der Waals surface area contributed by atoms with Gasteiger partial charge in [0.05, 0.1) is 18.1 Å². The molecule has 0 radical (unpaired) electrons. The number of primary amides is 1. The summed E-state index contributed by atoms with van der Waals surface area (Å²) < 4.78 is 5.07. The molecule has 0 spiro atoms. The lowest BCUT2D eigenvalue weighted by Crippen LogP contribution is -2.67. The van der Waals surface area contributed by atoms with Crippen LogP contribution in [0.5, 0.6) is 17.2 Å². The van der Waals surface area contributed by atoms with E-state index in [1.54, 1.807) is 0 Å². The molecule has 156 valence electrons. The Kier molecular flexibility index (Phi) is 3.90. The molecule has 10 nitrogen and oxygen atoms in total. The summed E-state index contributed by atoms with van der Waals surface area (Å²) in [4.78, 5) is 37.1. The molecular weight excluding hydrogens is 398 g/mol. The molecule has 1 amide bonds. The van der Waals surface area contributed by atoms with Gasteiger partial charge in [0, 0.05) is 18.9 Å². The van der Waals surface area contributed by atoms with Gasteiger partial charge in [0.25, 0.3) is 5.91 Å². The van der Waals surface area contributed by atoms with E-state index < -0.39 is 69.9 Å². The summed E-state index contributed by atoms with van der Waals surface area (Å²) in [7, 11) is 1.37. The predicted octanol–water partition coefficient (Wildman–Crippen LogP) is -0.269. The Morgan fingerprint density at radius 1 is 1.10 bits per heavy atom. The van der Waals surface area contributed by atoms with Crippen molar-refractivity contribution in [3.8, 4) is 17.2 Å². The third-order valence-corrected chi connectivity index (χ3v) is 5.75. The van der Waals surface area contributed by atoms with E-state index >= 15 is 0 Å². The number of methoxy groups -OCH3 is 1. The molecule has 0 aliphatic heterocycles. The molecule has 30 heavy (non-hydrogen) atoms. The second kappa shape index (κ2) is 5.94. The fraction of sp³-hybridized carbons (Fsp3) is 0.250. The van der Waals surface area contributed by atoms with Crippen molar-refractivity contribution in [3.05, 3.63) is 40.7 Å². The van der Waals surface area contributed by atoms with Gasteiger partial charge in [0.15, 0.2) is 11.5 Å².